The molecule has 0 fully saturated rings. The molecule has 0 heterocycles. The third-order valence-corrected chi connectivity index (χ3v) is 2.29. The number of carbonyl (C=O) groups excluding carboxylic acids is 2. The van der Waals surface area contributed by atoms with Gasteiger partial charge in [-0.2, -0.15) is 0 Å². The number of ether oxygens (including phenoxy) is 1. The zero-order valence-electron chi connectivity index (χ0n) is 10.4. The maximum atomic E-state index is 11.5. The zero-order valence-corrected chi connectivity index (χ0v) is 10.4. The minimum atomic E-state index is -0.602. The predicted molar refractivity (Wildman–Crippen MR) is 61.7 cm³/mol. The average molecular weight is 230 g/mol. The van der Waals surface area contributed by atoms with Crippen molar-refractivity contribution in [2.45, 2.75) is 45.7 Å². The van der Waals surface area contributed by atoms with Crippen molar-refractivity contribution in [1.29, 1.82) is 0 Å². The molecule has 0 radical (unpaired) electrons. The van der Waals surface area contributed by atoms with Gasteiger partial charge in [0.05, 0.1) is 13.2 Å². The lowest BCUT2D eigenvalue weighted by Crippen LogP contribution is -2.49. The van der Waals surface area contributed by atoms with E-state index in [2.05, 4.69) is 10.1 Å². The number of nitrogens with one attached hydrogen (secondary N) is 1. The summed E-state index contributed by atoms with van der Waals surface area (Å²) in [5.41, 5.74) is 5.57. The fraction of sp³-hybridized carbons (Fsp3) is 0.818. The lowest BCUT2D eigenvalue weighted by atomic mass is 10.0. The molecule has 0 rings (SSSR count). The van der Waals surface area contributed by atoms with Gasteiger partial charge in [0.15, 0.2) is 0 Å². The van der Waals surface area contributed by atoms with Crippen LogP contribution < -0.4 is 11.1 Å². The molecule has 0 aliphatic rings. The van der Waals surface area contributed by atoms with Gasteiger partial charge in [-0.05, 0) is 18.8 Å². The Hall–Kier alpha value is -1.10. The molecule has 0 aromatic rings. The van der Waals surface area contributed by atoms with Crippen LogP contribution in [-0.4, -0.2) is 31.1 Å². The Bertz CT molecular complexity index is 241. The van der Waals surface area contributed by atoms with E-state index in [-0.39, 0.29) is 5.91 Å². The Balaban J connectivity index is 4.42. The molecular weight excluding hydrogens is 208 g/mol. The van der Waals surface area contributed by atoms with Crippen LogP contribution in [0.5, 0.6) is 0 Å². The van der Waals surface area contributed by atoms with E-state index >= 15 is 0 Å². The number of nitrogens with two attached hydrogens (primary N) is 1. The highest BCUT2D eigenvalue weighted by Gasteiger charge is 2.24. The Kier molecular flexibility index (Phi) is 6.72. The molecule has 0 spiro atoms. The number of hydrogen-bond acceptors (Lipinski definition) is 4. The first kappa shape index (κ1) is 14.9. The largest absolute Gasteiger partial charge is 0.467 e. The van der Waals surface area contributed by atoms with Gasteiger partial charge < -0.3 is 15.8 Å². The first-order valence-corrected chi connectivity index (χ1v) is 5.56. The van der Waals surface area contributed by atoms with Crippen molar-refractivity contribution >= 4 is 11.9 Å². The molecule has 5 heteroatoms. The van der Waals surface area contributed by atoms with Gasteiger partial charge in [-0.3, -0.25) is 4.79 Å². The maximum absolute atomic E-state index is 11.5. The third kappa shape index (κ3) is 5.11. The minimum absolute atomic E-state index is 0.294. The van der Waals surface area contributed by atoms with Crippen LogP contribution in [0, 0.1) is 5.92 Å². The van der Waals surface area contributed by atoms with Crippen LogP contribution in [-0.2, 0) is 14.3 Å². The van der Waals surface area contributed by atoms with E-state index in [0.29, 0.717) is 18.8 Å². The van der Waals surface area contributed by atoms with Crippen molar-refractivity contribution in [2.75, 3.05) is 7.11 Å². The Morgan fingerprint density at radius 1 is 1.38 bits per heavy atom. The number of amides is 1. The predicted octanol–water partition coefficient (Wildman–Crippen LogP) is 0.428. The average Bonchev–Trinajstić information content (AvgIpc) is 2.25. The van der Waals surface area contributed by atoms with E-state index < -0.39 is 18.1 Å². The maximum Gasteiger partial charge on any atom is 0.328 e. The fourth-order valence-corrected chi connectivity index (χ4v) is 1.29. The van der Waals surface area contributed by atoms with E-state index in [9.17, 15) is 9.59 Å². The minimum Gasteiger partial charge on any atom is -0.467 e. The van der Waals surface area contributed by atoms with Crippen molar-refractivity contribution in [3.05, 3.63) is 0 Å². The van der Waals surface area contributed by atoms with Gasteiger partial charge in [-0.1, -0.05) is 20.8 Å². The number of hydrogen-bond donors (Lipinski definition) is 2. The van der Waals surface area contributed by atoms with Crippen LogP contribution in [0.1, 0.15) is 33.6 Å². The van der Waals surface area contributed by atoms with E-state index in [1.807, 2.05) is 20.8 Å². The summed E-state index contributed by atoms with van der Waals surface area (Å²) in [6.07, 6.45) is 1.09. The fourth-order valence-electron chi connectivity index (χ4n) is 1.29. The van der Waals surface area contributed by atoms with Crippen LogP contribution in [0.2, 0.25) is 0 Å². The second-order valence-corrected chi connectivity index (χ2v) is 4.23. The van der Waals surface area contributed by atoms with Gasteiger partial charge in [-0.15, -0.1) is 0 Å². The van der Waals surface area contributed by atoms with Crippen LogP contribution >= 0.6 is 0 Å². The van der Waals surface area contributed by atoms with Crippen molar-refractivity contribution in [1.82, 2.24) is 5.32 Å². The summed E-state index contributed by atoms with van der Waals surface area (Å²) in [6.45, 7) is 5.77. The third-order valence-electron chi connectivity index (χ3n) is 2.29. The normalized spacial score (nSPS) is 14.4. The molecule has 2 atom stereocenters. The molecule has 1 unspecified atom stereocenters. The van der Waals surface area contributed by atoms with Gasteiger partial charge in [0, 0.05) is 0 Å². The molecule has 0 aromatic heterocycles. The molecule has 5 nitrogen and oxygen atoms in total. The molecule has 0 bridgehead atoms. The second kappa shape index (κ2) is 7.22. The SMILES string of the molecule is CC[C@@H](N)C(=O)NC(CC(C)C)C(=O)OC. The molecule has 94 valence electrons. The number of carbonyl (C=O) groups is 2. The van der Waals surface area contributed by atoms with E-state index in [1.54, 1.807) is 0 Å². The molecule has 16 heavy (non-hydrogen) atoms. The summed E-state index contributed by atoms with van der Waals surface area (Å²) in [7, 11) is 1.31. The lowest BCUT2D eigenvalue weighted by Gasteiger charge is -2.20. The molecule has 1 amide bonds. The van der Waals surface area contributed by atoms with E-state index in [4.69, 9.17) is 5.73 Å². The van der Waals surface area contributed by atoms with Crippen molar-refractivity contribution in [3.63, 3.8) is 0 Å². The number of esters is 1. The van der Waals surface area contributed by atoms with Gasteiger partial charge in [0.1, 0.15) is 6.04 Å². The van der Waals surface area contributed by atoms with E-state index in [0.717, 1.165) is 0 Å². The van der Waals surface area contributed by atoms with Crippen LogP contribution in [0.3, 0.4) is 0 Å². The zero-order chi connectivity index (χ0) is 12.7. The highest BCUT2D eigenvalue weighted by molar-refractivity contribution is 5.87. The molecule has 0 aliphatic carbocycles. The van der Waals surface area contributed by atoms with Crippen LogP contribution in [0.25, 0.3) is 0 Å². The topological polar surface area (TPSA) is 81.4 Å². The molecule has 3 N–H and O–H groups in total. The molecule has 0 saturated carbocycles. The summed E-state index contributed by atoms with van der Waals surface area (Å²) >= 11 is 0. The van der Waals surface area contributed by atoms with Crippen molar-refractivity contribution < 1.29 is 14.3 Å². The van der Waals surface area contributed by atoms with Crippen molar-refractivity contribution in [3.8, 4) is 0 Å². The number of methoxy groups -OCH3 is 1. The molecule has 0 aliphatic heterocycles. The van der Waals surface area contributed by atoms with Gasteiger partial charge >= 0.3 is 5.97 Å². The summed E-state index contributed by atoms with van der Waals surface area (Å²) in [4.78, 5) is 23.0. The molecule has 0 saturated heterocycles. The first-order valence-electron chi connectivity index (χ1n) is 5.56. The van der Waals surface area contributed by atoms with Gasteiger partial charge in [0.25, 0.3) is 0 Å². The standard InChI is InChI=1S/C11H22N2O3/c1-5-8(12)10(14)13-9(6-7(2)3)11(15)16-4/h7-9H,5-6,12H2,1-4H3,(H,13,14)/t8-,9?/m1/s1. The molecule has 0 aromatic carbocycles. The lowest BCUT2D eigenvalue weighted by molar-refractivity contribution is -0.145. The monoisotopic (exact) mass is 230 g/mol. The summed E-state index contributed by atoms with van der Waals surface area (Å²) < 4.78 is 4.63. The summed E-state index contributed by atoms with van der Waals surface area (Å²) in [6, 6.07) is -1.17. The van der Waals surface area contributed by atoms with Crippen molar-refractivity contribution in [2.24, 2.45) is 11.7 Å². The number of rotatable bonds is 6. The summed E-state index contributed by atoms with van der Waals surface area (Å²) in [5.74, 6) is -0.439. The smallest absolute Gasteiger partial charge is 0.328 e. The van der Waals surface area contributed by atoms with Crippen LogP contribution in [0.4, 0.5) is 0 Å². The van der Waals surface area contributed by atoms with E-state index in [1.165, 1.54) is 7.11 Å². The Morgan fingerprint density at radius 2 is 1.94 bits per heavy atom. The highest BCUT2D eigenvalue weighted by atomic mass is 16.5. The van der Waals surface area contributed by atoms with Gasteiger partial charge in [0.2, 0.25) is 5.91 Å². The highest BCUT2D eigenvalue weighted by Crippen LogP contribution is 2.06. The van der Waals surface area contributed by atoms with Gasteiger partial charge in [-0.25, -0.2) is 4.79 Å². The Morgan fingerprint density at radius 3 is 2.31 bits per heavy atom. The Labute approximate surface area is 96.7 Å². The van der Waals surface area contributed by atoms with Crippen LogP contribution in [0.15, 0.2) is 0 Å². The second-order valence-electron chi connectivity index (χ2n) is 4.23. The summed E-state index contributed by atoms with van der Waals surface area (Å²) in [5, 5.41) is 2.61. The quantitative estimate of drug-likeness (QED) is 0.648. The molecular formula is C11H22N2O3. The first-order chi connectivity index (χ1) is 7.42.